The molecule has 0 aliphatic carbocycles. The van der Waals surface area contributed by atoms with Crippen LogP contribution in [0.1, 0.15) is 15.9 Å². The van der Waals surface area contributed by atoms with E-state index < -0.39 is 11.8 Å². The topological polar surface area (TPSA) is 43.5 Å². The van der Waals surface area contributed by atoms with Crippen LogP contribution in [-0.2, 0) is 0 Å². The van der Waals surface area contributed by atoms with Crippen molar-refractivity contribution in [3.63, 3.8) is 0 Å². The molecule has 3 aromatic rings. The van der Waals surface area contributed by atoms with Gasteiger partial charge in [0.05, 0.1) is 23.4 Å². The SMILES string of the molecule is CN(SN1C=C1c1cccc(-c2cc(F)cc(C(=O)O)c2)c1)c1ccccc1. The first-order valence-electron chi connectivity index (χ1n) is 8.64. The Morgan fingerprint density at radius 3 is 2.46 bits per heavy atom. The van der Waals surface area contributed by atoms with Crippen LogP contribution in [0, 0.1) is 5.82 Å². The van der Waals surface area contributed by atoms with Crippen LogP contribution in [0.25, 0.3) is 16.8 Å². The van der Waals surface area contributed by atoms with E-state index in [1.807, 2.05) is 67.8 Å². The normalized spacial score (nSPS) is 12.5. The van der Waals surface area contributed by atoms with Gasteiger partial charge >= 0.3 is 5.97 Å². The van der Waals surface area contributed by atoms with Crippen molar-refractivity contribution in [2.45, 2.75) is 0 Å². The molecule has 0 spiro atoms. The fourth-order valence-electron chi connectivity index (χ4n) is 2.91. The summed E-state index contributed by atoms with van der Waals surface area (Å²) < 4.78 is 17.9. The highest BCUT2D eigenvalue weighted by Gasteiger charge is 2.25. The van der Waals surface area contributed by atoms with Gasteiger partial charge in [-0.3, -0.25) is 4.31 Å². The van der Waals surface area contributed by atoms with Crippen molar-refractivity contribution in [3.05, 3.63) is 95.9 Å². The van der Waals surface area contributed by atoms with E-state index in [9.17, 15) is 9.18 Å². The number of nitrogens with zero attached hydrogens (tertiary/aromatic N) is 2. The first-order valence-corrected chi connectivity index (χ1v) is 9.37. The summed E-state index contributed by atoms with van der Waals surface area (Å²) in [5.74, 6) is -1.71. The van der Waals surface area contributed by atoms with Gasteiger partial charge in [0.25, 0.3) is 0 Å². The van der Waals surface area contributed by atoms with Gasteiger partial charge in [-0.15, -0.1) is 0 Å². The molecule has 0 amide bonds. The first kappa shape index (κ1) is 18.1. The molecule has 28 heavy (non-hydrogen) atoms. The van der Waals surface area contributed by atoms with Crippen molar-refractivity contribution in [3.8, 4) is 11.1 Å². The molecule has 1 aliphatic rings. The van der Waals surface area contributed by atoms with Gasteiger partial charge in [0.15, 0.2) is 0 Å². The predicted octanol–water partition coefficient (Wildman–Crippen LogP) is 5.50. The van der Waals surface area contributed by atoms with Crippen molar-refractivity contribution in [2.24, 2.45) is 0 Å². The summed E-state index contributed by atoms with van der Waals surface area (Å²) in [6, 6.07) is 21.6. The Bertz CT molecular complexity index is 1070. The maximum atomic E-state index is 13.8. The second-order valence-electron chi connectivity index (χ2n) is 6.37. The number of para-hydroxylation sites is 1. The molecule has 0 bridgehead atoms. The summed E-state index contributed by atoms with van der Waals surface area (Å²) >= 11 is 1.57. The van der Waals surface area contributed by atoms with Gasteiger partial charge in [-0.05, 0) is 47.5 Å². The molecule has 0 radical (unpaired) electrons. The molecule has 0 saturated carbocycles. The molecular formula is C22H17FN2O2S. The molecule has 0 unspecified atom stereocenters. The van der Waals surface area contributed by atoms with E-state index in [2.05, 4.69) is 8.61 Å². The Kier molecular flexibility index (Phi) is 4.79. The molecule has 0 aromatic heterocycles. The van der Waals surface area contributed by atoms with Crippen LogP contribution in [0.2, 0.25) is 0 Å². The second-order valence-corrected chi connectivity index (χ2v) is 7.47. The summed E-state index contributed by atoms with van der Waals surface area (Å²) in [6.07, 6.45) is 2.03. The van der Waals surface area contributed by atoms with Gasteiger partial charge in [0, 0.05) is 24.5 Å². The maximum absolute atomic E-state index is 13.8. The number of carboxylic acid groups (broad SMARTS) is 1. The summed E-state index contributed by atoms with van der Waals surface area (Å²) in [5.41, 5.74) is 4.40. The lowest BCUT2D eigenvalue weighted by molar-refractivity contribution is 0.0696. The van der Waals surface area contributed by atoms with Crippen LogP contribution in [0.15, 0.2) is 79.0 Å². The van der Waals surface area contributed by atoms with Crippen LogP contribution in [0.4, 0.5) is 10.1 Å². The molecule has 3 aromatic carbocycles. The molecule has 1 heterocycles. The van der Waals surface area contributed by atoms with Crippen molar-refractivity contribution in [1.29, 1.82) is 0 Å². The average Bonchev–Trinajstić information content (AvgIpc) is 3.47. The third-order valence-corrected chi connectivity index (χ3v) is 5.31. The lowest BCUT2D eigenvalue weighted by Gasteiger charge is -2.18. The van der Waals surface area contributed by atoms with E-state index >= 15 is 0 Å². The van der Waals surface area contributed by atoms with Crippen LogP contribution in [-0.4, -0.2) is 22.4 Å². The van der Waals surface area contributed by atoms with Gasteiger partial charge in [0.2, 0.25) is 0 Å². The summed E-state index contributed by atoms with van der Waals surface area (Å²) in [4.78, 5) is 11.2. The van der Waals surface area contributed by atoms with Crippen molar-refractivity contribution >= 4 is 29.5 Å². The van der Waals surface area contributed by atoms with Gasteiger partial charge in [0.1, 0.15) is 5.82 Å². The molecule has 1 N–H and O–H groups in total. The maximum Gasteiger partial charge on any atom is 0.335 e. The summed E-state index contributed by atoms with van der Waals surface area (Å²) in [6.45, 7) is 0. The third kappa shape index (κ3) is 3.87. The van der Waals surface area contributed by atoms with Gasteiger partial charge in [-0.2, -0.15) is 0 Å². The number of carboxylic acids is 1. The van der Waals surface area contributed by atoms with E-state index in [1.165, 1.54) is 12.1 Å². The van der Waals surface area contributed by atoms with Crippen molar-refractivity contribution in [2.75, 3.05) is 11.4 Å². The monoisotopic (exact) mass is 392 g/mol. The van der Waals surface area contributed by atoms with Gasteiger partial charge < -0.3 is 9.41 Å². The minimum atomic E-state index is -1.15. The van der Waals surface area contributed by atoms with Crippen molar-refractivity contribution < 1.29 is 14.3 Å². The van der Waals surface area contributed by atoms with Crippen LogP contribution >= 0.6 is 12.1 Å². The minimum absolute atomic E-state index is 0.0623. The van der Waals surface area contributed by atoms with E-state index in [-0.39, 0.29) is 5.56 Å². The van der Waals surface area contributed by atoms with Gasteiger partial charge in [-0.25, -0.2) is 9.18 Å². The van der Waals surface area contributed by atoms with E-state index in [4.69, 9.17) is 5.11 Å². The number of hydrogen-bond acceptors (Lipinski definition) is 4. The standard InChI is InChI=1S/C22H17FN2O2S/c1-24(20-8-3-2-4-9-20)28-25-14-21(25)16-7-5-6-15(10-16)17-11-18(22(26)27)13-19(23)12-17/h2-14H,1H3,(H,26,27). The largest absolute Gasteiger partial charge is 0.478 e. The summed E-state index contributed by atoms with van der Waals surface area (Å²) in [7, 11) is 2.00. The van der Waals surface area contributed by atoms with E-state index in [1.54, 1.807) is 12.1 Å². The molecule has 140 valence electrons. The average molecular weight is 392 g/mol. The van der Waals surface area contributed by atoms with Crippen molar-refractivity contribution in [1.82, 2.24) is 4.31 Å². The molecule has 1 aliphatic heterocycles. The van der Waals surface area contributed by atoms with Crippen LogP contribution in [0.3, 0.4) is 0 Å². The molecule has 4 rings (SSSR count). The highest BCUT2D eigenvalue weighted by atomic mass is 32.2. The second kappa shape index (κ2) is 7.40. The Hall–Kier alpha value is -3.25. The lowest BCUT2D eigenvalue weighted by Crippen LogP contribution is -2.09. The minimum Gasteiger partial charge on any atom is -0.478 e. The zero-order valence-electron chi connectivity index (χ0n) is 15.0. The molecule has 0 saturated heterocycles. The van der Waals surface area contributed by atoms with E-state index in [0.717, 1.165) is 28.6 Å². The van der Waals surface area contributed by atoms with Crippen LogP contribution < -0.4 is 4.31 Å². The first-order chi connectivity index (χ1) is 13.5. The zero-order chi connectivity index (χ0) is 19.7. The number of halogens is 1. The summed E-state index contributed by atoms with van der Waals surface area (Å²) in [5, 5.41) is 9.16. The lowest BCUT2D eigenvalue weighted by atomic mass is 10.0. The predicted molar refractivity (Wildman–Crippen MR) is 111 cm³/mol. The fraction of sp³-hybridized carbons (Fsp3) is 0.0455. The highest BCUT2D eigenvalue weighted by molar-refractivity contribution is 7.99. The Labute approximate surface area is 166 Å². The Balaban J connectivity index is 1.51. The quantitative estimate of drug-likeness (QED) is 0.561. The fourth-order valence-corrected chi connectivity index (χ4v) is 3.73. The number of carbonyl (C=O) groups is 1. The van der Waals surface area contributed by atoms with Crippen LogP contribution in [0.5, 0.6) is 0 Å². The van der Waals surface area contributed by atoms with E-state index in [0.29, 0.717) is 5.56 Å². The Morgan fingerprint density at radius 1 is 0.964 bits per heavy atom. The molecule has 0 fully saturated rings. The molecular weight excluding hydrogens is 375 g/mol. The number of rotatable bonds is 6. The third-order valence-electron chi connectivity index (χ3n) is 4.38. The number of hydrogen-bond donors (Lipinski definition) is 1. The van der Waals surface area contributed by atoms with Gasteiger partial charge in [-0.1, -0.05) is 36.4 Å². The number of anilines is 1. The molecule has 6 heteroatoms. The molecule has 0 atom stereocenters. The Morgan fingerprint density at radius 2 is 1.71 bits per heavy atom. The highest BCUT2D eigenvalue weighted by Crippen LogP contribution is 2.41. The number of benzene rings is 3. The molecule has 4 nitrogen and oxygen atoms in total. The smallest absolute Gasteiger partial charge is 0.335 e. The zero-order valence-corrected chi connectivity index (χ0v) is 15.9. The number of aromatic carboxylic acids is 1.